The van der Waals surface area contributed by atoms with E-state index >= 15 is 0 Å². The van der Waals surface area contributed by atoms with Crippen LogP contribution in [0.1, 0.15) is 66.7 Å². The SMILES string of the molecule is CC(=O)N[C@@H](C)C(=O)N[C@@H](CCC(N)=O)C(=O)N[C@H](C(=O)NCC(=O)N[C@H](C(=O)NCC(=O)N[C@@H](CCCCN)C(=O)N[C@H](C(=O)O)[C@@H](C)O)[C@@H](C)O)[C@@H](C)O. The lowest BCUT2D eigenvalue weighted by molar-refractivity contribution is -0.145. The number of carboxylic acids is 1. The van der Waals surface area contributed by atoms with Crippen LogP contribution in [0.25, 0.3) is 0 Å². The van der Waals surface area contributed by atoms with E-state index in [9.17, 15) is 68.4 Å². The van der Waals surface area contributed by atoms with Crippen LogP contribution in [0.15, 0.2) is 0 Å². The number of primary amides is 1. The van der Waals surface area contributed by atoms with E-state index in [2.05, 4.69) is 42.5 Å². The van der Waals surface area contributed by atoms with E-state index in [0.29, 0.717) is 12.8 Å². The molecule has 9 atom stereocenters. The van der Waals surface area contributed by atoms with Crippen LogP contribution in [0.5, 0.6) is 0 Å². The normalized spacial score (nSPS) is 15.7. The number of nitrogens with one attached hydrogen (secondary N) is 8. The molecule has 0 aliphatic carbocycles. The molecule has 0 saturated carbocycles. The highest BCUT2D eigenvalue weighted by molar-refractivity contribution is 5.96. The van der Waals surface area contributed by atoms with Gasteiger partial charge in [-0.1, -0.05) is 0 Å². The summed E-state index contributed by atoms with van der Waals surface area (Å²) in [5.74, 6) is -9.76. The van der Waals surface area contributed by atoms with Gasteiger partial charge in [0.1, 0.15) is 30.2 Å². The Bertz CT molecular complexity index is 1410. The first kappa shape index (κ1) is 50.5. The van der Waals surface area contributed by atoms with Crippen molar-refractivity contribution in [3.8, 4) is 0 Å². The lowest BCUT2D eigenvalue weighted by Crippen LogP contribution is -2.60. The molecule has 0 rings (SSSR count). The minimum absolute atomic E-state index is 0.0260. The number of amides is 9. The van der Waals surface area contributed by atoms with Crippen molar-refractivity contribution in [1.82, 2.24) is 42.5 Å². The molecule has 24 nitrogen and oxygen atoms in total. The fourth-order valence-corrected chi connectivity index (χ4v) is 4.72. The molecule has 56 heavy (non-hydrogen) atoms. The minimum Gasteiger partial charge on any atom is -0.480 e. The Balaban J connectivity index is 5.50. The van der Waals surface area contributed by atoms with Gasteiger partial charge in [0, 0.05) is 13.3 Å². The largest absolute Gasteiger partial charge is 0.480 e. The molecule has 0 aromatic heterocycles. The number of carbonyl (C=O) groups is 10. The maximum atomic E-state index is 13.0. The van der Waals surface area contributed by atoms with E-state index in [1.807, 2.05) is 0 Å². The number of carboxylic acid groups (broad SMARTS) is 1. The number of aliphatic carboxylic acids is 1. The van der Waals surface area contributed by atoms with Crippen LogP contribution in [0.3, 0.4) is 0 Å². The van der Waals surface area contributed by atoms with Crippen LogP contribution >= 0.6 is 0 Å². The number of aliphatic hydroxyl groups is 3. The Labute approximate surface area is 322 Å². The zero-order chi connectivity index (χ0) is 43.3. The van der Waals surface area contributed by atoms with Gasteiger partial charge in [-0.05, 0) is 59.9 Å². The summed E-state index contributed by atoms with van der Waals surface area (Å²) < 4.78 is 0. The molecule has 9 amide bonds. The van der Waals surface area contributed by atoms with Gasteiger partial charge in [-0.3, -0.25) is 43.2 Å². The molecule has 0 aliphatic rings. The van der Waals surface area contributed by atoms with Gasteiger partial charge in [-0.2, -0.15) is 0 Å². The van der Waals surface area contributed by atoms with Crippen molar-refractivity contribution in [2.75, 3.05) is 19.6 Å². The number of hydrogen-bond acceptors (Lipinski definition) is 14. The topological polar surface area (TPSA) is 400 Å². The smallest absolute Gasteiger partial charge is 0.328 e. The van der Waals surface area contributed by atoms with Gasteiger partial charge in [-0.25, -0.2) is 4.79 Å². The third kappa shape index (κ3) is 19.7. The molecule has 318 valence electrons. The molecular formula is C32H56N10O14. The maximum Gasteiger partial charge on any atom is 0.328 e. The van der Waals surface area contributed by atoms with Crippen molar-refractivity contribution in [2.24, 2.45) is 11.5 Å². The highest BCUT2D eigenvalue weighted by atomic mass is 16.4. The number of hydrogen-bond donors (Lipinski definition) is 14. The predicted octanol–water partition coefficient (Wildman–Crippen LogP) is -7.21. The third-order valence-corrected chi connectivity index (χ3v) is 7.76. The number of unbranched alkanes of at least 4 members (excludes halogenated alkanes) is 1. The monoisotopic (exact) mass is 804 g/mol. The van der Waals surface area contributed by atoms with Gasteiger partial charge < -0.3 is 74.4 Å². The Hall–Kier alpha value is -5.46. The van der Waals surface area contributed by atoms with Crippen LogP contribution in [0.4, 0.5) is 0 Å². The van der Waals surface area contributed by atoms with Gasteiger partial charge in [0.2, 0.25) is 53.2 Å². The highest BCUT2D eigenvalue weighted by Crippen LogP contribution is 2.05. The average Bonchev–Trinajstić information content (AvgIpc) is 3.09. The number of nitrogens with two attached hydrogens (primary N) is 2. The zero-order valence-electron chi connectivity index (χ0n) is 31.9. The van der Waals surface area contributed by atoms with Crippen molar-refractivity contribution in [3.05, 3.63) is 0 Å². The molecule has 0 saturated heterocycles. The molecule has 0 unspecified atom stereocenters. The number of carbonyl (C=O) groups excluding carboxylic acids is 9. The average molecular weight is 805 g/mol. The maximum absolute atomic E-state index is 13.0. The highest BCUT2D eigenvalue weighted by Gasteiger charge is 2.33. The fraction of sp³-hybridized carbons (Fsp3) is 0.688. The van der Waals surface area contributed by atoms with E-state index < -0.39 is 127 Å². The summed E-state index contributed by atoms with van der Waals surface area (Å²) >= 11 is 0. The molecule has 0 aliphatic heterocycles. The Morgan fingerprint density at radius 3 is 1.43 bits per heavy atom. The predicted molar refractivity (Wildman–Crippen MR) is 193 cm³/mol. The summed E-state index contributed by atoms with van der Waals surface area (Å²) in [7, 11) is 0. The summed E-state index contributed by atoms with van der Waals surface area (Å²) in [6.45, 7) is 4.53. The van der Waals surface area contributed by atoms with Gasteiger partial charge in [0.05, 0.1) is 31.4 Å². The van der Waals surface area contributed by atoms with Gasteiger partial charge in [0.25, 0.3) is 0 Å². The first-order chi connectivity index (χ1) is 26.0. The zero-order valence-corrected chi connectivity index (χ0v) is 31.9. The summed E-state index contributed by atoms with van der Waals surface area (Å²) in [6.07, 6.45) is -4.44. The van der Waals surface area contributed by atoms with Crippen LogP contribution in [-0.4, -0.2) is 154 Å². The lowest BCUT2D eigenvalue weighted by Gasteiger charge is -2.26. The van der Waals surface area contributed by atoms with E-state index in [4.69, 9.17) is 11.5 Å². The molecule has 0 aromatic carbocycles. The van der Waals surface area contributed by atoms with E-state index in [-0.39, 0.29) is 25.8 Å². The van der Waals surface area contributed by atoms with Crippen molar-refractivity contribution >= 4 is 59.1 Å². The summed E-state index contributed by atoms with van der Waals surface area (Å²) in [5, 5.41) is 57.1. The molecule has 0 bridgehead atoms. The Morgan fingerprint density at radius 2 is 1.00 bits per heavy atom. The summed E-state index contributed by atoms with van der Waals surface area (Å²) in [5.41, 5.74) is 10.6. The standard InChI is InChI=1S/C32H56N10O14/c1-14(37-18(5)46)27(50)39-20(9-10-21(34)47)29(52)41-25(16(3)44)31(54)36-13-23(49)40-24(15(2)43)30(53)35-12-22(48)38-19(8-6-7-11-33)28(51)42-26(17(4)45)32(55)56/h14-17,19-20,24-26,43-45H,6-13,33H2,1-5H3,(H2,34,47)(H,35,53)(H,36,54)(H,37,46)(H,38,48)(H,39,50)(H,40,49)(H,41,52)(H,42,51)(H,55,56)/t14-,15+,16+,17+,19-,20-,24-,25-,26-/m0/s1. The van der Waals surface area contributed by atoms with E-state index in [1.165, 1.54) is 6.92 Å². The number of rotatable bonds is 26. The van der Waals surface area contributed by atoms with Crippen LogP contribution in [0.2, 0.25) is 0 Å². The van der Waals surface area contributed by atoms with Gasteiger partial charge >= 0.3 is 5.97 Å². The first-order valence-corrected chi connectivity index (χ1v) is 17.6. The summed E-state index contributed by atoms with van der Waals surface area (Å²) in [6, 6.07) is -8.89. The number of aliphatic hydroxyl groups excluding tert-OH is 3. The summed E-state index contributed by atoms with van der Waals surface area (Å²) in [4.78, 5) is 123. The van der Waals surface area contributed by atoms with Gasteiger partial charge in [0.15, 0.2) is 6.04 Å². The Kier molecular flexibility index (Phi) is 23.1. The quantitative estimate of drug-likeness (QED) is 0.0361. The fourth-order valence-electron chi connectivity index (χ4n) is 4.72. The molecule has 0 fully saturated rings. The van der Waals surface area contributed by atoms with Crippen molar-refractivity contribution in [3.63, 3.8) is 0 Å². The molecule has 16 N–H and O–H groups in total. The molecule has 0 heterocycles. The first-order valence-electron chi connectivity index (χ1n) is 17.6. The van der Waals surface area contributed by atoms with Gasteiger partial charge in [-0.15, -0.1) is 0 Å². The molecule has 24 heteroatoms. The van der Waals surface area contributed by atoms with E-state index in [1.54, 1.807) is 0 Å². The van der Waals surface area contributed by atoms with Crippen molar-refractivity contribution < 1.29 is 68.4 Å². The second kappa shape index (κ2) is 25.6. The van der Waals surface area contributed by atoms with Crippen LogP contribution in [0, 0.1) is 0 Å². The van der Waals surface area contributed by atoms with E-state index in [0.717, 1.165) is 27.7 Å². The second-order valence-electron chi connectivity index (χ2n) is 12.9. The molecule has 0 aromatic rings. The van der Waals surface area contributed by atoms with Crippen LogP contribution in [-0.2, 0) is 47.9 Å². The molecular weight excluding hydrogens is 748 g/mol. The lowest BCUT2D eigenvalue weighted by atomic mass is 10.1. The minimum atomic E-state index is -1.71. The molecule has 0 spiro atoms. The van der Waals surface area contributed by atoms with Crippen LogP contribution < -0.4 is 54.0 Å². The second-order valence-corrected chi connectivity index (χ2v) is 12.9. The third-order valence-electron chi connectivity index (χ3n) is 7.76. The van der Waals surface area contributed by atoms with Crippen molar-refractivity contribution in [1.29, 1.82) is 0 Å². The molecule has 0 radical (unpaired) electrons. The Morgan fingerprint density at radius 1 is 0.554 bits per heavy atom. The van der Waals surface area contributed by atoms with Crippen molar-refractivity contribution in [2.45, 2.75) is 121 Å².